The third kappa shape index (κ3) is 7.57. The summed E-state index contributed by atoms with van der Waals surface area (Å²) in [7, 11) is 5.94. The van der Waals surface area contributed by atoms with Crippen LogP contribution in [0.3, 0.4) is 0 Å². The minimum Gasteiger partial charge on any atom is -0.496 e. The highest BCUT2D eigenvalue weighted by Crippen LogP contribution is 2.35. The van der Waals surface area contributed by atoms with E-state index in [0.29, 0.717) is 28.5 Å². The van der Waals surface area contributed by atoms with E-state index in [2.05, 4.69) is 5.32 Å². The van der Waals surface area contributed by atoms with E-state index in [1.807, 2.05) is 19.1 Å². The number of carbonyl (C=O) groups is 3. The smallest absolute Gasteiger partial charge is 0.331 e. The van der Waals surface area contributed by atoms with Crippen LogP contribution in [0.25, 0.3) is 6.08 Å². The Morgan fingerprint density at radius 2 is 1.55 bits per heavy atom. The normalized spacial score (nSPS) is 10.5. The lowest BCUT2D eigenvalue weighted by atomic mass is 10.1. The second-order valence-electron chi connectivity index (χ2n) is 7.05. The van der Waals surface area contributed by atoms with Crippen LogP contribution in [-0.2, 0) is 19.1 Å². The molecular weight excluding hydrogens is 428 g/mol. The first-order valence-electron chi connectivity index (χ1n) is 10.0. The van der Waals surface area contributed by atoms with Crippen molar-refractivity contribution >= 4 is 29.5 Å². The minimum atomic E-state index is -0.724. The van der Waals surface area contributed by atoms with Gasteiger partial charge in [-0.3, -0.25) is 9.59 Å². The zero-order valence-electron chi connectivity index (χ0n) is 19.3. The molecule has 2 amide bonds. The Morgan fingerprint density at radius 3 is 2.15 bits per heavy atom. The zero-order chi connectivity index (χ0) is 24.4. The van der Waals surface area contributed by atoms with Crippen LogP contribution in [0.1, 0.15) is 11.1 Å². The third-order valence-corrected chi connectivity index (χ3v) is 4.61. The number of rotatable bonds is 10. The highest BCUT2D eigenvalue weighted by Gasteiger charge is 2.15. The molecule has 1 N–H and O–H groups in total. The van der Waals surface area contributed by atoms with Crippen molar-refractivity contribution in [1.82, 2.24) is 4.90 Å². The SMILES string of the molecule is COc1cc(OC)c(OC)cc1/C=C/C(=O)OCC(=O)N(C)CC(=O)Nc1ccc(C)cc1. The number of hydrogen-bond acceptors (Lipinski definition) is 7. The molecule has 0 saturated heterocycles. The summed E-state index contributed by atoms with van der Waals surface area (Å²) >= 11 is 0. The maximum Gasteiger partial charge on any atom is 0.331 e. The van der Waals surface area contributed by atoms with E-state index in [9.17, 15) is 14.4 Å². The number of nitrogens with zero attached hydrogens (tertiary/aromatic N) is 1. The first-order chi connectivity index (χ1) is 15.8. The molecule has 0 unspecified atom stereocenters. The Balaban J connectivity index is 1.88. The Morgan fingerprint density at radius 1 is 0.939 bits per heavy atom. The van der Waals surface area contributed by atoms with Crippen molar-refractivity contribution in [3.63, 3.8) is 0 Å². The predicted molar refractivity (Wildman–Crippen MR) is 124 cm³/mol. The minimum absolute atomic E-state index is 0.178. The monoisotopic (exact) mass is 456 g/mol. The second-order valence-corrected chi connectivity index (χ2v) is 7.05. The number of hydrogen-bond donors (Lipinski definition) is 1. The highest BCUT2D eigenvalue weighted by atomic mass is 16.5. The molecule has 0 heterocycles. The van der Waals surface area contributed by atoms with Crippen LogP contribution in [0.4, 0.5) is 5.69 Å². The van der Waals surface area contributed by atoms with Crippen molar-refractivity contribution < 1.29 is 33.3 Å². The van der Waals surface area contributed by atoms with Crippen LogP contribution < -0.4 is 19.5 Å². The van der Waals surface area contributed by atoms with E-state index in [1.54, 1.807) is 24.3 Å². The maximum atomic E-state index is 12.2. The molecule has 0 saturated carbocycles. The van der Waals surface area contributed by atoms with E-state index in [1.165, 1.54) is 45.4 Å². The predicted octanol–water partition coefficient (Wildman–Crippen LogP) is 2.67. The van der Waals surface area contributed by atoms with Crippen molar-refractivity contribution in [3.8, 4) is 17.2 Å². The number of aryl methyl sites for hydroxylation is 1. The van der Waals surface area contributed by atoms with Crippen LogP contribution in [0.2, 0.25) is 0 Å². The van der Waals surface area contributed by atoms with E-state index in [-0.39, 0.29) is 12.5 Å². The number of anilines is 1. The molecule has 9 nitrogen and oxygen atoms in total. The largest absolute Gasteiger partial charge is 0.496 e. The molecule has 0 aliphatic rings. The van der Waals surface area contributed by atoms with Gasteiger partial charge in [0.1, 0.15) is 5.75 Å². The number of nitrogens with one attached hydrogen (secondary N) is 1. The van der Waals surface area contributed by atoms with Gasteiger partial charge in [-0.2, -0.15) is 0 Å². The van der Waals surface area contributed by atoms with Crippen molar-refractivity contribution in [2.75, 3.05) is 46.8 Å². The third-order valence-electron chi connectivity index (χ3n) is 4.61. The van der Waals surface area contributed by atoms with Gasteiger partial charge in [0.15, 0.2) is 18.1 Å². The summed E-state index contributed by atoms with van der Waals surface area (Å²) < 4.78 is 20.8. The summed E-state index contributed by atoms with van der Waals surface area (Å²) in [4.78, 5) is 37.6. The van der Waals surface area contributed by atoms with Crippen molar-refractivity contribution in [1.29, 1.82) is 0 Å². The summed E-state index contributed by atoms with van der Waals surface area (Å²) in [6.45, 7) is 1.27. The molecule has 0 aromatic heterocycles. The molecule has 33 heavy (non-hydrogen) atoms. The van der Waals surface area contributed by atoms with Gasteiger partial charge in [-0.25, -0.2) is 4.79 Å². The number of methoxy groups -OCH3 is 3. The number of esters is 1. The van der Waals surface area contributed by atoms with Crippen molar-refractivity contribution in [2.24, 2.45) is 0 Å². The molecule has 9 heteroatoms. The van der Waals surface area contributed by atoms with Gasteiger partial charge in [0, 0.05) is 30.4 Å². The topological polar surface area (TPSA) is 103 Å². The number of likely N-dealkylation sites (N-methyl/N-ethyl adjacent to an activating group) is 1. The van der Waals surface area contributed by atoms with Crippen LogP contribution in [0.5, 0.6) is 17.2 Å². The zero-order valence-corrected chi connectivity index (χ0v) is 19.3. The van der Waals surface area contributed by atoms with E-state index in [4.69, 9.17) is 18.9 Å². The van der Waals surface area contributed by atoms with Crippen LogP contribution >= 0.6 is 0 Å². The molecule has 0 radical (unpaired) electrons. The van der Waals surface area contributed by atoms with Gasteiger partial charge in [0.05, 0.1) is 27.9 Å². The molecule has 0 bridgehead atoms. The van der Waals surface area contributed by atoms with Crippen molar-refractivity contribution in [2.45, 2.75) is 6.92 Å². The van der Waals surface area contributed by atoms with Crippen LogP contribution in [-0.4, -0.2) is 64.2 Å². The fourth-order valence-electron chi connectivity index (χ4n) is 2.77. The van der Waals surface area contributed by atoms with Gasteiger partial charge >= 0.3 is 5.97 Å². The Bertz CT molecular complexity index is 1020. The lowest BCUT2D eigenvalue weighted by Crippen LogP contribution is -2.37. The molecule has 0 spiro atoms. The molecule has 0 aliphatic carbocycles. The van der Waals surface area contributed by atoms with E-state index >= 15 is 0 Å². The van der Waals surface area contributed by atoms with Gasteiger partial charge in [0.2, 0.25) is 5.91 Å². The van der Waals surface area contributed by atoms with Crippen LogP contribution in [0, 0.1) is 6.92 Å². The lowest BCUT2D eigenvalue weighted by Gasteiger charge is -2.16. The first kappa shape index (κ1) is 25.3. The molecule has 2 rings (SSSR count). The molecule has 2 aromatic rings. The number of amides is 2. The maximum absolute atomic E-state index is 12.2. The Kier molecular flexibility index (Phi) is 9.29. The number of benzene rings is 2. The standard InChI is InChI=1S/C24H28N2O7/c1-16-6-9-18(10-7-16)25-22(27)14-26(2)23(28)15-33-24(29)11-8-17-12-20(31-4)21(32-5)13-19(17)30-3/h6-13H,14-15H2,1-5H3,(H,25,27)/b11-8+. The molecule has 0 fully saturated rings. The summed E-state index contributed by atoms with van der Waals surface area (Å²) in [5.41, 5.74) is 2.26. The van der Waals surface area contributed by atoms with Gasteiger partial charge in [-0.1, -0.05) is 17.7 Å². The lowest BCUT2D eigenvalue weighted by molar-refractivity contribution is -0.148. The Hall–Kier alpha value is -4.01. The number of ether oxygens (including phenoxy) is 4. The van der Waals surface area contributed by atoms with Gasteiger partial charge in [-0.05, 0) is 31.2 Å². The average Bonchev–Trinajstić information content (AvgIpc) is 2.81. The van der Waals surface area contributed by atoms with Crippen LogP contribution in [0.15, 0.2) is 42.5 Å². The van der Waals surface area contributed by atoms with Gasteiger partial charge < -0.3 is 29.2 Å². The molecule has 2 aromatic carbocycles. The van der Waals surface area contributed by atoms with Crippen molar-refractivity contribution in [3.05, 3.63) is 53.6 Å². The summed E-state index contributed by atoms with van der Waals surface area (Å²) in [6.07, 6.45) is 2.65. The fraction of sp³-hybridized carbons (Fsp3) is 0.292. The summed E-state index contributed by atoms with van der Waals surface area (Å²) in [5.74, 6) is -0.188. The second kappa shape index (κ2) is 12.1. The van der Waals surface area contributed by atoms with Gasteiger partial charge in [0.25, 0.3) is 5.91 Å². The average molecular weight is 456 g/mol. The Labute approximate surface area is 192 Å². The van der Waals surface area contributed by atoms with E-state index in [0.717, 1.165) is 5.56 Å². The highest BCUT2D eigenvalue weighted by molar-refractivity contribution is 5.95. The summed E-state index contributed by atoms with van der Waals surface area (Å²) in [5, 5.41) is 2.70. The van der Waals surface area contributed by atoms with E-state index < -0.39 is 18.5 Å². The summed E-state index contributed by atoms with van der Waals surface area (Å²) in [6, 6.07) is 10.6. The number of carbonyl (C=O) groups excluding carboxylic acids is 3. The molecule has 0 atom stereocenters. The van der Waals surface area contributed by atoms with Gasteiger partial charge in [-0.15, -0.1) is 0 Å². The first-order valence-corrected chi connectivity index (χ1v) is 10.0. The quantitative estimate of drug-likeness (QED) is 0.433. The molecule has 0 aliphatic heterocycles. The fourth-order valence-corrected chi connectivity index (χ4v) is 2.77. The molecular formula is C24H28N2O7. The molecule has 176 valence electrons.